The Bertz CT molecular complexity index is 653. The number of hydrogen-bond acceptors (Lipinski definition) is 3. The molecule has 0 bridgehead atoms. The lowest BCUT2D eigenvalue weighted by atomic mass is 9.94. The molecule has 1 aromatic heterocycles. The maximum absolute atomic E-state index is 4.45. The molecule has 1 saturated carbocycles. The first-order valence-electron chi connectivity index (χ1n) is 9.15. The predicted octanol–water partition coefficient (Wildman–Crippen LogP) is 3.24. The van der Waals surface area contributed by atoms with Gasteiger partial charge in [0.2, 0.25) is 0 Å². The van der Waals surface area contributed by atoms with Gasteiger partial charge >= 0.3 is 0 Å². The Morgan fingerprint density at radius 2 is 1.62 bits per heavy atom. The smallest absolute Gasteiger partial charge is 0.0543 e. The van der Waals surface area contributed by atoms with Gasteiger partial charge in [0.1, 0.15) is 0 Å². The van der Waals surface area contributed by atoms with Gasteiger partial charge in [-0.05, 0) is 37.5 Å². The van der Waals surface area contributed by atoms with E-state index in [1.54, 1.807) is 5.56 Å². The van der Waals surface area contributed by atoms with Crippen LogP contribution in [0.1, 0.15) is 29.7 Å². The third-order valence-electron chi connectivity index (χ3n) is 5.62. The van der Waals surface area contributed by atoms with Crippen LogP contribution in [0.4, 0.5) is 0 Å². The predicted molar refractivity (Wildman–Crippen MR) is 98.0 cm³/mol. The number of nitrogens with zero attached hydrogens (tertiary/aromatic N) is 3. The summed E-state index contributed by atoms with van der Waals surface area (Å²) in [6.07, 6.45) is 4.60. The molecule has 2 aromatic rings. The Morgan fingerprint density at radius 3 is 2.25 bits per heavy atom. The van der Waals surface area contributed by atoms with Crippen molar-refractivity contribution >= 4 is 0 Å². The second kappa shape index (κ2) is 6.66. The van der Waals surface area contributed by atoms with Crippen molar-refractivity contribution in [3.8, 4) is 0 Å². The summed E-state index contributed by atoms with van der Waals surface area (Å²) in [4.78, 5) is 9.65. The van der Waals surface area contributed by atoms with Gasteiger partial charge in [-0.25, -0.2) is 0 Å². The van der Waals surface area contributed by atoms with Crippen molar-refractivity contribution in [2.75, 3.05) is 32.7 Å². The largest absolute Gasteiger partial charge is 0.300 e. The standard InChI is InChI=1S/C21H27N3/c1-18-5-7-19(8-6-18)21(9-10-21)17-24-14-12-23(13-15-24)16-20-4-2-3-11-22-20/h2-8,11H,9-10,12-17H2,1H3. The number of rotatable bonds is 5. The van der Waals surface area contributed by atoms with Crippen LogP contribution in [0.25, 0.3) is 0 Å². The van der Waals surface area contributed by atoms with Crippen molar-refractivity contribution in [2.45, 2.75) is 31.7 Å². The van der Waals surface area contributed by atoms with E-state index in [1.807, 2.05) is 12.3 Å². The third-order valence-corrected chi connectivity index (χ3v) is 5.62. The van der Waals surface area contributed by atoms with Gasteiger partial charge in [-0.3, -0.25) is 14.8 Å². The number of aromatic nitrogens is 1. The molecule has 0 N–H and O–H groups in total. The van der Waals surface area contributed by atoms with E-state index in [2.05, 4.69) is 58.1 Å². The Labute approximate surface area is 145 Å². The molecule has 3 heteroatoms. The highest BCUT2D eigenvalue weighted by Gasteiger charge is 2.45. The number of aryl methyl sites for hydroxylation is 1. The second-order valence-corrected chi connectivity index (χ2v) is 7.52. The Balaban J connectivity index is 1.31. The molecule has 2 heterocycles. The van der Waals surface area contributed by atoms with Gasteiger partial charge in [0.25, 0.3) is 0 Å². The van der Waals surface area contributed by atoms with Crippen molar-refractivity contribution in [3.63, 3.8) is 0 Å². The van der Waals surface area contributed by atoms with Gasteiger partial charge in [-0.1, -0.05) is 35.9 Å². The fourth-order valence-corrected chi connectivity index (χ4v) is 3.85. The summed E-state index contributed by atoms with van der Waals surface area (Å²) in [5.41, 5.74) is 4.53. The van der Waals surface area contributed by atoms with E-state index in [9.17, 15) is 0 Å². The Hall–Kier alpha value is -1.71. The van der Waals surface area contributed by atoms with Gasteiger partial charge in [0, 0.05) is 50.9 Å². The summed E-state index contributed by atoms with van der Waals surface area (Å²) in [5.74, 6) is 0. The van der Waals surface area contributed by atoms with Crippen LogP contribution in [-0.4, -0.2) is 47.5 Å². The maximum Gasteiger partial charge on any atom is 0.0543 e. The van der Waals surface area contributed by atoms with Crippen LogP contribution in [0, 0.1) is 6.92 Å². The van der Waals surface area contributed by atoms with Crippen LogP contribution in [-0.2, 0) is 12.0 Å². The molecule has 126 valence electrons. The van der Waals surface area contributed by atoms with Gasteiger partial charge in [-0.15, -0.1) is 0 Å². The minimum atomic E-state index is 0.441. The zero-order valence-electron chi connectivity index (χ0n) is 14.6. The van der Waals surface area contributed by atoms with Gasteiger partial charge in [-0.2, -0.15) is 0 Å². The van der Waals surface area contributed by atoms with Gasteiger partial charge in [0.15, 0.2) is 0 Å². The van der Waals surface area contributed by atoms with Crippen LogP contribution in [0.3, 0.4) is 0 Å². The molecule has 1 aliphatic carbocycles. The van der Waals surface area contributed by atoms with E-state index < -0.39 is 0 Å². The van der Waals surface area contributed by atoms with Gasteiger partial charge in [0.05, 0.1) is 5.69 Å². The first kappa shape index (κ1) is 15.8. The molecule has 0 radical (unpaired) electrons. The van der Waals surface area contributed by atoms with E-state index in [1.165, 1.54) is 43.7 Å². The summed E-state index contributed by atoms with van der Waals surface area (Å²) in [5, 5.41) is 0. The summed E-state index contributed by atoms with van der Waals surface area (Å²) in [6.45, 7) is 9.05. The van der Waals surface area contributed by atoms with Crippen LogP contribution in [0.2, 0.25) is 0 Å². The minimum Gasteiger partial charge on any atom is -0.300 e. The van der Waals surface area contributed by atoms with E-state index in [0.717, 1.165) is 19.6 Å². The molecule has 24 heavy (non-hydrogen) atoms. The fourth-order valence-electron chi connectivity index (χ4n) is 3.85. The molecule has 1 aromatic carbocycles. The number of pyridine rings is 1. The molecule has 3 nitrogen and oxygen atoms in total. The molecule has 1 saturated heterocycles. The summed E-state index contributed by atoms with van der Waals surface area (Å²) in [7, 11) is 0. The Kier molecular flexibility index (Phi) is 4.38. The van der Waals surface area contributed by atoms with Gasteiger partial charge < -0.3 is 0 Å². The van der Waals surface area contributed by atoms with Crippen LogP contribution in [0.15, 0.2) is 48.7 Å². The van der Waals surface area contributed by atoms with Crippen molar-refractivity contribution < 1.29 is 0 Å². The first-order chi connectivity index (χ1) is 11.7. The Morgan fingerprint density at radius 1 is 0.917 bits per heavy atom. The molecular weight excluding hydrogens is 294 g/mol. The monoisotopic (exact) mass is 321 g/mol. The van der Waals surface area contributed by atoms with E-state index in [-0.39, 0.29) is 0 Å². The molecule has 0 unspecified atom stereocenters. The van der Waals surface area contributed by atoms with Crippen LogP contribution in [0.5, 0.6) is 0 Å². The zero-order chi connectivity index (χ0) is 16.4. The van der Waals surface area contributed by atoms with Crippen LogP contribution < -0.4 is 0 Å². The fraction of sp³-hybridized carbons (Fsp3) is 0.476. The second-order valence-electron chi connectivity index (χ2n) is 7.52. The topological polar surface area (TPSA) is 19.4 Å². The number of benzene rings is 1. The average Bonchev–Trinajstić information content (AvgIpc) is 3.39. The molecule has 2 fully saturated rings. The molecular formula is C21H27N3. The first-order valence-corrected chi connectivity index (χ1v) is 9.15. The molecule has 0 atom stereocenters. The third kappa shape index (κ3) is 3.52. The van der Waals surface area contributed by atoms with E-state index in [0.29, 0.717) is 5.41 Å². The SMILES string of the molecule is Cc1ccc(C2(CN3CCN(Cc4ccccn4)CC3)CC2)cc1. The highest BCUT2D eigenvalue weighted by Crippen LogP contribution is 2.48. The van der Waals surface area contributed by atoms with Crippen molar-refractivity contribution in [2.24, 2.45) is 0 Å². The zero-order valence-corrected chi connectivity index (χ0v) is 14.6. The number of hydrogen-bond donors (Lipinski definition) is 0. The van der Waals surface area contributed by atoms with E-state index >= 15 is 0 Å². The van der Waals surface area contributed by atoms with Crippen LogP contribution >= 0.6 is 0 Å². The lowest BCUT2D eigenvalue weighted by Gasteiger charge is -2.36. The molecule has 2 aliphatic rings. The summed E-state index contributed by atoms with van der Waals surface area (Å²) >= 11 is 0. The minimum absolute atomic E-state index is 0.441. The molecule has 0 spiro atoms. The normalized spacial score (nSPS) is 20.9. The summed E-state index contributed by atoms with van der Waals surface area (Å²) in [6, 6.07) is 15.4. The lowest BCUT2D eigenvalue weighted by Crippen LogP contribution is -2.48. The van der Waals surface area contributed by atoms with Crippen molar-refractivity contribution in [1.29, 1.82) is 0 Å². The number of piperazine rings is 1. The maximum atomic E-state index is 4.45. The molecule has 4 rings (SSSR count). The van der Waals surface area contributed by atoms with Crippen molar-refractivity contribution in [1.82, 2.24) is 14.8 Å². The quantitative estimate of drug-likeness (QED) is 0.843. The summed E-state index contributed by atoms with van der Waals surface area (Å²) < 4.78 is 0. The van der Waals surface area contributed by atoms with Crippen molar-refractivity contribution in [3.05, 3.63) is 65.5 Å². The molecule has 0 amide bonds. The highest BCUT2D eigenvalue weighted by atomic mass is 15.3. The average molecular weight is 321 g/mol. The highest BCUT2D eigenvalue weighted by molar-refractivity contribution is 5.34. The molecule has 1 aliphatic heterocycles. The van der Waals surface area contributed by atoms with E-state index in [4.69, 9.17) is 0 Å². The lowest BCUT2D eigenvalue weighted by molar-refractivity contribution is 0.118.